The van der Waals surface area contributed by atoms with Crippen molar-refractivity contribution in [3.05, 3.63) is 71.3 Å². The number of nitrogens with one attached hydrogen (secondary N) is 1. The average molecular weight is 371 g/mol. The molecule has 1 heterocycles. The van der Waals surface area contributed by atoms with Crippen molar-refractivity contribution in [2.75, 3.05) is 6.61 Å². The van der Waals surface area contributed by atoms with E-state index in [0.29, 0.717) is 10.8 Å². The van der Waals surface area contributed by atoms with E-state index in [-0.39, 0.29) is 18.6 Å². The molecule has 3 rings (SSSR count). The predicted octanol–water partition coefficient (Wildman–Crippen LogP) is 3.49. The Kier molecular flexibility index (Phi) is 5.53. The molecular formula is C19H19ClN4O2. The molecule has 3 aromatic rings. The van der Waals surface area contributed by atoms with E-state index in [4.69, 9.17) is 16.3 Å². The molecule has 1 atom stereocenters. The first-order valence-corrected chi connectivity index (χ1v) is 8.54. The van der Waals surface area contributed by atoms with Gasteiger partial charge in [-0.25, -0.2) is 9.67 Å². The molecule has 0 aliphatic heterocycles. The molecule has 0 saturated heterocycles. The van der Waals surface area contributed by atoms with Crippen LogP contribution >= 0.6 is 11.6 Å². The van der Waals surface area contributed by atoms with Gasteiger partial charge in [0.25, 0.3) is 5.91 Å². The first kappa shape index (κ1) is 17.9. The fourth-order valence-electron chi connectivity index (χ4n) is 2.48. The standard InChI is InChI=1S/C19H19ClN4O2/c1-13-9-17(7-8-18(13)20)26-10-19(25)23-14(2)15-3-5-16(6-4-15)24-12-21-11-22-24/h3-9,11-12,14H,10H2,1-2H3,(H,23,25)/t14-/m0/s1. The normalized spacial score (nSPS) is 11.8. The summed E-state index contributed by atoms with van der Waals surface area (Å²) in [5.74, 6) is 0.428. The van der Waals surface area contributed by atoms with Crippen LogP contribution in [0.3, 0.4) is 0 Å². The molecule has 0 bridgehead atoms. The van der Waals surface area contributed by atoms with Crippen LogP contribution in [0.4, 0.5) is 0 Å². The summed E-state index contributed by atoms with van der Waals surface area (Å²) in [4.78, 5) is 16.0. The fourth-order valence-corrected chi connectivity index (χ4v) is 2.60. The van der Waals surface area contributed by atoms with Crippen LogP contribution in [0.25, 0.3) is 5.69 Å². The maximum atomic E-state index is 12.1. The molecular weight excluding hydrogens is 352 g/mol. The smallest absolute Gasteiger partial charge is 0.258 e. The monoisotopic (exact) mass is 370 g/mol. The van der Waals surface area contributed by atoms with Crippen LogP contribution in [0, 0.1) is 6.92 Å². The van der Waals surface area contributed by atoms with Gasteiger partial charge in [-0.15, -0.1) is 0 Å². The van der Waals surface area contributed by atoms with E-state index in [1.54, 1.807) is 23.1 Å². The van der Waals surface area contributed by atoms with Gasteiger partial charge in [-0.3, -0.25) is 4.79 Å². The second-order valence-electron chi connectivity index (χ2n) is 5.92. The number of amides is 1. The number of rotatable bonds is 6. The number of hydrogen-bond donors (Lipinski definition) is 1. The summed E-state index contributed by atoms with van der Waals surface area (Å²) in [5.41, 5.74) is 2.81. The number of benzene rings is 2. The molecule has 6 nitrogen and oxygen atoms in total. The molecule has 1 N–H and O–H groups in total. The number of halogens is 1. The second-order valence-corrected chi connectivity index (χ2v) is 6.33. The van der Waals surface area contributed by atoms with Crippen LogP contribution in [0.2, 0.25) is 5.02 Å². The first-order chi connectivity index (χ1) is 12.5. The zero-order chi connectivity index (χ0) is 18.5. The molecule has 1 amide bonds. The van der Waals surface area contributed by atoms with Gasteiger partial charge in [0.1, 0.15) is 18.4 Å². The van der Waals surface area contributed by atoms with Crippen molar-refractivity contribution in [3.63, 3.8) is 0 Å². The molecule has 134 valence electrons. The number of carbonyl (C=O) groups excluding carboxylic acids is 1. The molecule has 0 saturated carbocycles. The third kappa shape index (κ3) is 4.40. The van der Waals surface area contributed by atoms with Gasteiger partial charge in [-0.2, -0.15) is 5.10 Å². The molecule has 0 spiro atoms. The predicted molar refractivity (Wildman–Crippen MR) is 99.6 cm³/mol. The number of ether oxygens (including phenoxy) is 1. The Morgan fingerprint density at radius 1 is 1.27 bits per heavy atom. The van der Waals surface area contributed by atoms with Crippen molar-refractivity contribution >= 4 is 17.5 Å². The molecule has 7 heteroatoms. The zero-order valence-electron chi connectivity index (χ0n) is 14.5. The highest BCUT2D eigenvalue weighted by atomic mass is 35.5. The van der Waals surface area contributed by atoms with E-state index >= 15 is 0 Å². The minimum Gasteiger partial charge on any atom is -0.484 e. The van der Waals surface area contributed by atoms with Gasteiger partial charge in [-0.05, 0) is 55.3 Å². The van der Waals surface area contributed by atoms with Crippen molar-refractivity contribution in [2.24, 2.45) is 0 Å². The Hall–Kier alpha value is -2.86. The Morgan fingerprint density at radius 3 is 2.69 bits per heavy atom. The lowest BCUT2D eigenvalue weighted by molar-refractivity contribution is -0.123. The quantitative estimate of drug-likeness (QED) is 0.721. The number of aryl methyl sites for hydroxylation is 1. The summed E-state index contributed by atoms with van der Waals surface area (Å²) in [6.45, 7) is 3.76. The number of nitrogens with zero attached hydrogens (tertiary/aromatic N) is 3. The molecule has 0 aliphatic rings. The van der Waals surface area contributed by atoms with Crippen molar-refractivity contribution in [2.45, 2.75) is 19.9 Å². The average Bonchev–Trinajstić information content (AvgIpc) is 3.17. The van der Waals surface area contributed by atoms with Crippen LogP contribution < -0.4 is 10.1 Å². The van der Waals surface area contributed by atoms with Gasteiger partial charge in [-0.1, -0.05) is 23.7 Å². The maximum absolute atomic E-state index is 12.1. The van der Waals surface area contributed by atoms with Crippen LogP contribution in [-0.2, 0) is 4.79 Å². The van der Waals surface area contributed by atoms with Gasteiger partial charge < -0.3 is 10.1 Å². The van der Waals surface area contributed by atoms with Crippen LogP contribution in [0.15, 0.2) is 55.1 Å². The SMILES string of the molecule is Cc1cc(OCC(=O)N[C@@H](C)c2ccc(-n3cncn3)cc2)ccc1Cl. The highest BCUT2D eigenvalue weighted by Gasteiger charge is 2.11. The van der Waals surface area contributed by atoms with Crippen LogP contribution in [0.5, 0.6) is 5.75 Å². The summed E-state index contributed by atoms with van der Waals surface area (Å²) in [7, 11) is 0. The van der Waals surface area contributed by atoms with Gasteiger partial charge >= 0.3 is 0 Å². The summed E-state index contributed by atoms with van der Waals surface area (Å²) < 4.78 is 7.19. The van der Waals surface area contributed by atoms with Crippen molar-refractivity contribution in [1.82, 2.24) is 20.1 Å². The summed E-state index contributed by atoms with van der Waals surface area (Å²) in [6, 6.07) is 12.9. The molecule has 1 aromatic heterocycles. The Morgan fingerprint density at radius 2 is 2.04 bits per heavy atom. The van der Waals surface area contributed by atoms with Gasteiger partial charge in [0.05, 0.1) is 11.7 Å². The Balaban J connectivity index is 1.54. The lowest BCUT2D eigenvalue weighted by atomic mass is 10.1. The lowest BCUT2D eigenvalue weighted by Crippen LogP contribution is -2.31. The van der Waals surface area contributed by atoms with Crippen molar-refractivity contribution in [3.8, 4) is 11.4 Å². The Labute approximate surface area is 156 Å². The number of aromatic nitrogens is 3. The minimum atomic E-state index is -0.189. The third-order valence-electron chi connectivity index (χ3n) is 3.95. The molecule has 0 fully saturated rings. The largest absolute Gasteiger partial charge is 0.484 e. The van der Waals surface area contributed by atoms with E-state index in [1.807, 2.05) is 44.2 Å². The van der Waals surface area contributed by atoms with Crippen molar-refractivity contribution < 1.29 is 9.53 Å². The van der Waals surface area contributed by atoms with Gasteiger partial charge in [0, 0.05) is 5.02 Å². The second kappa shape index (κ2) is 8.01. The molecule has 2 aromatic carbocycles. The summed E-state index contributed by atoms with van der Waals surface area (Å²) >= 11 is 5.98. The van der Waals surface area contributed by atoms with E-state index < -0.39 is 0 Å². The van der Waals surface area contributed by atoms with Crippen LogP contribution in [-0.4, -0.2) is 27.3 Å². The number of carbonyl (C=O) groups is 1. The van der Waals surface area contributed by atoms with E-state index in [0.717, 1.165) is 16.8 Å². The summed E-state index contributed by atoms with van der Waals surface area (Å²) in [5, 5.41) is 7.68. The van der Waals surface area contributed by atoms with E-state index in [1.165, 1.54) is 6.33 Å². The van der Waals surface area contributed by atoms with Crippen LogP contribution in [0.1, 0.15) is 24.1 Å². The van der Waals surface area contributed by atoms with Crippen molar-refractivity contribution in [1.29, 1.82) is 0 Å². The molecule has 0 aliphatic carbocycles. The molecule has 26 heavy (non-hydrogen) atoms. The topological polar surface area (TPSA) is 69.0 Å². The molecule has 0 unspecified atom stereocenters. The minimum absolute atomic E-state index is 0.0531. The van der Waals surface area contributed by atoms with E-state index in [2.05, 4.69) is 15.4 Å². The maximum Gasteiger partial charge on any atom is 0.258 e. The fraction of sp³-hybridized carbons (Fsp3) is 0.211. The van der Waals surface area contributed by atoms with E-state index in [9.17, 15) is 4.79 Å². The third-order valence-corrected chi connectivity index (χ3v) is 4.38. The highest BCUT2D eigenvalue weighted by molar-refractivity contribution is 6.31. The summed E-state index contributed by atoms with van der Waals surface area (Å²) in [6.07, 6.45) is 3.12. The van der Waals surface area contributed by atoms with Gasteiger partial charge in [0.2, 0.25) is 0 Å². The Bertz CT molecular complexity index is 879. The highest BCUT2D eigenvalue weighted by Crippen LogP contribution is 2.21. The lowest BCUT2D eigenvalue weighted by Gasteiger charge is -2.15. The first-order valence-electron chi connectivity index (χ1n) is 8.16. The van der Waals surface area contributed by atoms with Gasteiger partial charge in [0.15, 0.2) is 6.61 Å². The molecule has 0 radical (unpaired) electrons. The number of hydrogen-bond acceptors (Lipinski definition) is 4. The zero-order valence-corrected chi connectivity index (χ0v) is 15.3.